The molecule has 0 saturated carbocycles. The number of para-hydroxylation sites is 1. The number of hydrogen-bond donors (Lipinski definition) is 2. The van der Waals surface area contributed by atoms with E-state index >= 15 is 0 Å². The number of benzene rings is 2. The van der Waals surface area contributed by atoms with E-state index in [0.29, 0.717) is 22.5 Å². The minimum absolute atomic E-state index is 0.184. The summed E-state index contributed by atoms with van der Waals surface area (Å²) >= 11 is 0. The van der Waals surface area contributed by atoms with Crippen LogP contribution in [-0.4, -0.2) is 35.4 Å². The molecule has 0 fully saturated rings. The lowest BCUT2D eigenvalue weighted by atomic mass is 10.1. The van der Waals surface area contributed by atoms with Gasteiger partial charge >= 0.3 is 0 Å². The lowest BCUT2D eigenvalue weighted by Crippen LogP contribution is -2.20. The molecule has 0 aliphatic heterocycles. The summed E-state index contributed by atoms with van der Waals surface area (Å²) in [5.74, 6) is 0.405. The van der Waals surface area contributed by atoms with E-state index in [1.807, 2.05) is 61.5 Å². The van der Waals surface area contributed by atoms with Gasteiger partial charge in [0.05, 0.1) is 24.0 Å². The molecule has 3 aromatic heterocycles. The number of carbonyl (C=O) groups excluding carboxylic acids is 1. The van der Waals surface area contributed by atoms with E-state index in [-0.39, 0.29) is 23.8 Å². The fourth-order valence-corrected chi connectivity index (χ4v) is 3.71. The molecule has 0 bridgehead atoms. The first-order chi connectivity index (χ1) is 16.0. The summed E-state index contributed by atoms with van der Waals surface area (Å²) in [5.41, 5.74) is 3.49. The molecule has 0 unspecified atom stereocenters. The highest BCUT2D eigenvalue weighted by Gasteiger charge is 2.17. The van der Waals surface area contributed by atoms with Crippen molar-refractivity contribution in [1.29, 1.82) is 0 Å². The number of nitrogens with one attached hydrogen (secondary N) is 2. The lowest BCUT2D eigenvalue weighted by Gasteiger charge is -2.09. The van der Waals surface area contributed by atoms with Crippen molar-refractivity contribution in [2.75, 3.05) is 5.32 Å². The van der Waals surface area contributed by atoms with Crippen molar-refractivity contribution in [2.45, 2.75) is 20.3 Å². The number of amides is 1. The van der Waals surface area contributed by atoms with Crippen molar-refractivity contribution in [3.63, 3.8) is 0 Å². The molecule has 0 aliphatic rings. The van der Waals surface area contributed by atoms with Crippen LogP contribution in [0, 0.1) is 13.8 Å². The number of aromatic amines is 1. The normalized spacial score (nSPS) is 11.1. The van der Waals surface area contributed by atoms with Crippen molar-refractivity contribution in [1.82, 2.24) is 29.5 Å². The minimum Gasteiger partial charge on any atom is -0.310 e. The van der Waals surface area contributed by atoms with Crippen LogP contribution in [0.25, 0.3) is 22.7 Å². The minimum atomic E-state index is -0.345. The summed E-state index contributed by atoms with van der Waals surface area (Å²) in [6, 6.07) is 18.9. The molecule has 5 rings (SSSR count). The van der Waals surface area contributed by atoms with Gasteiger partial charge < -0.3 is 5.32 Å². The van der Waals surface area contributed by atoms with Gasteiger partial charge in [-0.2, -0.15) is 19.9 Å². The van der Waals surface area contributed by atoms with E-state index < -0.39 is 0 Å². The Labute approximate surface area is 188 Å². The van der Waals surface area contributed by atoms with Crippen molar-refractivity contribution < 1.29 is 4.79 Å². The molecular weight excluding hydrogens is 418 g/mol. The second-order valence-corrected chi connectivity index (χ2v) is 7.82. The zero-order valence-corrected chi connectivity index (χ0v) is 18.1. The number of fused-ring (bicyclic) bond motifs is 1. The Kier molecular flexibility index (Phi) is 5.06. The molecule has 0 radical (unpaired) electrons. The Balaban J connectivity index is 1.52. The van der Waals surface area contributed by atoms with Crippen LogP contribution in [0.5, 0.6) is 0 Å². The fourth-order valence-electron chi connectivity index (χ4n) is 3.71. The number of nitrogens with zero attached hydrogens (tertiary/aromatic N) is 5. The number of H-pyrrole nitrogens is 1. The lowest BCUT2D eigenvalue weighted by molar-refractivity contribution is -0.115. The summed E-state index contributed by atoms with van der Waals surface area (Å²) in [6.07, 6.45) is 1.70. The summed E-state index contributed by atoms with van der Waals surface area (Å²) in [6.45, 7) is 3.79. The highest BCUT2D eigenvalue weighted by molar-refractivity contribution is 5.91. The molecule has 3 heterocycles. The van der Waals surface area contributed by atoms with Crippen LogP contribution in [-0.2, 0) is 11.2 Å². The summed E-state index contributed by atoms with van der Waals surface area (Å²) in [4.78, 5) is 32.8. The van der Waals surface area contributed by atoms with Crippen LogP contribution < -0.4 is 10.9 Å². The van der Waals surface area contributed by atoms with Gasteiger partial charge in [0.15, 0.2) is 5.65 Å². The summed E-state index contributed by atoms with van der Waals surface area (Å²) in [5, 5.41) is 12.0. The number of carbonyl (C=O) groups is 1. The largest absolute Gasteiger partial charge is 0.310 e. The first-order valence-corrected chi connectivity index (χ1v) is 10.4. The van der Waals surface area contributed by atoms with Crippen LogP contribution in [0.2, 0.25) is 0 Å². The third-order valence-electron chi connectivity index (χ3n) is 5.17. The van der Waals surface area contributed by atoms with E-state index in [2.05, 4.69) is 25.5 Å². The van der Waals surface area contributed by atoms with Crippen molar-refractivity contribution in [3.05, 3.63) is 94.0 Å². The molecule has 164 valence electrons. The van der Waals surface area contributed by atoms with Crippen LogP contribution in [0.1, 0.15) is 16.8 Å². The Morgan fingerprint density at radius 2 is 1.85 bits per heavy atom. The van der Waals surface area contributed by atoms with Gasteiger partial charge in [0, 0.05) is 6.07 Å². The smallest absolute Gasteiger partial charge is 0.263 e. The van der Waals surface area contributed by atoms with E-state index in [0.717, 1.165) is 16.8 Å². The summed E-state index contributed by atoms with van der Waals surface area (Å²) < 4.78 is 3.02. The van der Waals surface area contributed by atoms with Gasteiger partial charge in [-0.1, -0.05) is 48.0 Å². The molecule has 0 saturated heterocycles. The predicted octanol–water partition coefficient (Wildman–Crippen LogP) is 3.09. The molecule has 2 N–H and O–H groups in total. The van der Waals surface area contributed by atoms with E-state index in [1.54, 1.807) is 17.7 Å². The Morgan fingerprint density at radius 3 is 2.64 bits per heavy atom. The number of anilines is 1. The molecule has 9 heteroatoms. The van der Waals surface area contributed by atoms with E-state index in [4.69, 9.17) is 0 Å². The fraction of sp³-hybridized carbons (Fsp3) is 0.125. The van der Waals surface area contributed by atoms with Crippen LogP contribution in [0.3, 0.4) is 0 Å². The number of rotatable bonds is 5. The molecule has 1 amide bonds. The monoisotopic (exact) mass is 439 g/mol. The highest BCUT2D eigenvalue weighted by atomic mass is 16.1. The molecule has 0 spiro atoms. The maximum atomic E-state index is 12.8. The van der Waals surface area contributed by atoms with E-state index in [1.165, 1.54) is 10.9 Å². The van der Waals surface area contributed by atoms with E-state index in [9.17, 15) is 9.59 Å². The topological polar surface area (TPSA) is 110 Å². The Hall–Kier alpha value is -4.53. The molecule has 5 aromatic rings. The highest BCUT2D eigenvalue weighted by Crippen LogP contribution is 2.18. The van der Waals surface area contributed by atoms with Crippen LogP contribution in [0.4, 0.5) is 5.82 Å². The molecule has 9 nitrogen and oxygen atoms in total. The maximum Gasteiger partial charge on any atom is 0.263 e. The second-order valence-electron chi connectivity index (χ2n) is 7.82. The quantitative estimate of drug-likeness (QED) is 0.437. The Morgan fingerprint density at radius 1 is 1.03 bits per heavy atom. The zero-order chi connectivity index (χ0) is 22.9. The average molecular weight is 439 g/mol. The second kappa shape index (κ2) is 8.19. The molecule has 0 aliphatic carbocycles. The zero-order valence-electron chi connectivity index (χ0n) is 18.1. The van der Waals surface area contributed by atoms with Crippen LogP contribution in [0.15, 0.2) is 71.7 Å². The molecule has 0 atom stereocenters. The van der Waals surface area contributed by atoms with Gasteiger partial charge in [0.25, 0.3) is 5.56 Å². The molecular formula is C24H21N7O2. The number of aromatic nitrogens is 6. The standard InChI is InChI=1S/C24H21N7O2/c1-15-7-6-8-17(11-15)13-21(32)26-20-12-16(2)29-31(20)24-27-22-19(23(33)28-24)14-25-30(22)18-9-4-3-5-10-18/h3-12,14H,13H2,1-2H3,(H,26,32)(H,27,28,33). The predicted molar refractivity (Wildman–Crippen MR) is 125 cm³/mol. The maximum absolute atomic E-state index is 12.8. The van der Waals surface area contributed by atoms with Gasteiger partial charge in [-0.3, -0.25) is 14.6 Å². The third-order valence-corrected chi connectivity index (χ3v) is 5.17. The molecule has 2 aromatic carbocycles. The van der Waals surface area contributed by atoms with Gasteiger partial charge in [-0.25, -0.2) is 4.68 Å². The van der Waals surface area contributed by atoms with Gasteiger partial charge in [0.2, 0.25) is 11.9 Å². The Bertz CT molecular complexity index is 1530. The van der Waals surface area contributed by atoms with Crippen molar-refractivity contribution >= 4 is 22.8 Å². The average Bonchev–Trinajstić information content (AvgIpc) is 3.38. The number of aryl methyl sites for hydroxylation is 2. The third kappa shape index (κ3) is 4.03. The summed E-state index contributed by atoms with van der Waals surface area (Å²) in [7, 11) is 0. The number of hydrogen-bond acceptors (Lipinski definition) is 5. The van der Waals surface area contributed by atoms with Gasteiger partial charge in [-0.05, 0) is 31.5 Å². The van der Waals surface area contributed by atoms with Crippen LogP contribution >= 0.6 is 0 Å². The van der Waals surface area contributed by atoms with Crippen molar-refractivity contribution in [2.24, 2.45) is 0 Å². The first-order valence-electron chi connectivity index (χ1n) is 10.4. The van der Waals surface area contributed by atoms with Gasteiger partial charge in [-0.15, -0.1) is 0 Å². The SMILES string of the molecule is Cc1cccc(CC(=O)Nc2cc(C)nn2-c2nc3c(cnn3-c3ccccc3)c(=O)[nH]2)c1. The van der Waals surface area contributed by atoms with Crippen molar-refractivity contribution in [3.8, 4) is 11.6 Å². The first kappa shape index (κ1) is 20.4. The van der Waals surface area contributed by atoms with Gasteiger partial charge in [0.1, 0.15) is 11.2 Å². The molecule has 33 heavy (non-hydrogen) atoms.